The Bertz CT molecular complexity index is 1010. The number of hydrogen-bond acceptors (Lipinski definition) is 5. The number of hydrogen-bond donors (Lipinski definition) is 2. The number of carbonyl (C=O) groups excluding carboxylic acids is 3. The molecule has 8 heteroatoms. The number of piperidine rings is 1. The molecule has 2 aromatic carbocycles. The van der Waals surface area contributed by atoms with Crippen molar-refractivity contribution in [3.8, 4) is 5.75 Å². The van der Waals surface area contributed by atoms with E-state index in [1.165, 1.54) is 0 Å². The van der Waals surface area contributed by atoms with Gasteiger partial charge in [-0.3, -0.25) is 14.4 Å². The number of nitrogens with one attached hydrogen (secondary N) is 2. The van der Waals surface area contributed by atoms with Crippen LogP contribution in [-0.2, 0) is 9.53 Å². The molecule has 0 radical (unpaired) electrons. The van der Waals surface area contributed by atoms with Gasteiger partial charge in [0.1, 0.15) is 5.75 Å². The number of benzene rings is 2. The Morgan fingerprint density at radius 1 is 0.972 bits per heavy atom. The first kappa shape index (κ1) is 27.2. The summed E-state index contributed by atoms with van der Waals surface area (Å²) in [6.07, 6.45) is 3.91. The van der Waals surface area contributed by atoms with E-state index in [2.05, 4.69) is 24.5 Å². The minimum Gasteiger partial charge on any atom is -0.484 e. The lowest BCUT2D eigenvalue weighted by Crippen LogP contribution is -2.49. The molecular formula is C28H37N3O5. The van der Waals surface area contributed by atoms with Gasteiger partial charge in [0.15, 0.2) is 6.61 Å². The molecule has 8 nitrogen and oxygen atoms in total. The molecule has 1 aliphatic rings. The largest absolute Gasteiger partial charge is 0.484 e. The molecule has 194 valence electrons. The molecule has 1 fully saturated rings. The molecule has 2 aromatic rings. The summed E-state index contributed by atoms with van der Waals surface area (Å²) >= 11 is 0. The molecular weight excluding hydrogens is 458 g/mol. The number of amides is 3. The third kappa shape index (κ3) is 7.81. The lowest BCUT2D eigenvalue weighted by molar-refractivity contribution is -0.139. The molecule has 0 aromatic heterocycles. The molecule has 1 heterocycles. The normalized spacial score (nSPS) is 17.4. The van der Waals surface area contributed by atoms with E-state index in [1.54, 1.807) is 48.5 Å². The molecule has 2 atom stereocenters. The van der Waals surface area contributed by atoms with Crippen molar-refractivity contribution in [3.63, 3.8) is 0 Å². The highest BCUT2D eigenvalue weighted by Crippen LogP contribution is 2.23. The summed E-state index contributed by atoms with van der Waals surface area (Å²) in [5, 5.41) is 5.67. The fraction of sp³-hybridized carbons (Fsp3) is 0.464. The summed E-state index contributed by atoms with van der Waals surface area (Å²) in [4.78, 5) is 39.6. The second-order valence-electron chi connectivity index (χ2n) is 9.08. The topological polar surface area (TPSA) is 97.0 Å². The highest BCUT2D eigenvalue weighted by molar-refractivity contribution is 6.05. The van der Waals surface area contributed by atoms with Crippen molar-refractivity contribution in [1.29, 1.82) is 0 Å². The first-order chi connectivity index (χ1) is 17.4. The van der Waals surface area contributed by atoms with Crippen LogP contribution in [0.25, 0.3) is 0 Å². The van der Waals surface area contributed by atoms with E-state index < -0.39 is 0 Å². The molecule has 3 amide bonds. The summed E-state index contributed by atoms with van der Waals surface area (Å²) in [7, 11) is 0. The monoisotopic (exact) mass is 495 g/mol. The standard InChI is InChI=1S/C28H37N3O5/c1-4-35-17-7-16-29-27(33)23-10-6-11-24(18-23)30-28(34)22-12-14-25(15-13-22)36-19-26(32)31-20(2)8-5-9-21(31)3/h6,10-15,18,20-21H,4-5,7-9,16-17,19H2,1-3H3,(H,29,33)(H,30,34). The summed E-state index contributed by atoms with van der Waals surface area (Å²) in [5.74, 6) is 0.00445. The van der Waals surface area contributed by atoms with Crippen LogP contribution in [0.5, 0.6) is 5.75 Å². The highest BCUT2D eigenvalue weighted by Gasteiger charge is 2.29. The van der Waals surface area contributed by atoms with Crippen molar-refractivity contribution in [2.24, 2.45) is 0 Å². The van der Waals surface area contributed by atoms with Gasteiger partial charge in [-0.2, -0.15) is 0 Å². The van der Waals surface area contributed by atoms with Gasteiger partial charge in [-0.05, 0) is 88.9 Å². The fourth-order valence-corrected chi connectivity index (χ4v) is 4.40. The van der Waals surface area contributed by atoms with Crippen molar-refractivity contribution in [2.45, 2.75) is 58.5 Å². The van der Waals surface area contributed by atoms with Gasteiger partial charge in [0.05, 0.1) is 0 Å². The molecule has 0 bridgehead atoms. The number of nitrogens with zero attached hydrogens (tertiary/aromatic N) is 1. The van der Waals surface area contributed by atoms with Gasteiger partial charge >= 0.3 is 0 Å². The molecule has 36 heavy (non-hydrogen) atoms. The van der Waals surface area contributed by atoms with Gasteiger partial charge in [-0.25, -0.2) is 0 Å². The second kappa shape index (κ2) is 13.6. The molecule has 1 saturated heterocycles. The zero-order chi connectivity index (χ0) is 25.9. The van der Waals surface area contributed by atoms with Crippen LogP contribution in [0.4, 0.5) is 5.69 Å². The van der Waals surface area contributed by atoms with Crippen molar-refractivity contribution < 1.29 is 23.9 Å². The second-order valence-corrected chi connectivity index (χ2v) is 9.08. The van der Waals surface area contributed by atoms with E-state index >= 15 is 0 Å². The SMILES string of the molecule is CCOCCCNC(=O)c1cccc(NC(=O)c2ccc(OCC(=O)N3C(C)CCCC3C)cc2)c1. The molecule has 0 saturated carbocycles. The summed E-state index contributed by atoms with van der Waals surface area (Å²) < 4.78 is 11.0. The van der Waals surface area contributed by atoms with Gasteiger partial charge in [-0.1, -0.05) is 6.07 Å². The summed E-state index contributed by atoms with van der Waals surface area (Å²) in [6, 6.07) is 13.9. The van der Waals surface area contributed by atoms with Gasteiger partial charge < -0.3 is 25.0 Å². The first-order valence-electron chi connectivity index (χ1n) is 12.7. The lowest BCUT2D eigenvalue weighted by Gasteiger charge is -2.38. The summed E-state index contributed by atoms with van der Waals surface area (Å²) in [5.41, 5.74) is 1.44. The Labute approximate surface area is 213 Å². The number of anilines is 1. The van der Waals surface area contributed by atoms with Crippen molar-refractivity contribution in [2.75, 3.05) is 31.7 Å². The average molecular weight is 496 g/mol. The quantitative estimate of drug-likeness (QED) is 0.454. The third-order valence-corrected chi connectivity index (χ3v) is 6.30. The predicted octanol–water partition coefficient (Wildman–Crippen LogP) is 4.26. The first-order valence-corrected chi connectivity index (χ1v) is 12.7. The number of carbonyl (C=O) groups is 3. The predicted molar refractivity (Wildman–Crippen MR) is 139 cm³/mol. The Hall–Kier alpha value is -3.39. The van der Waals surface area contributed by atoms with E-state index in [4.69, 9.17) is 9.47 Å². The van der Waals surface area contributed by atoms with Crippen LogP contribution < -0.4 is 15.4 Å². The Morgan fingerprint density at radius 2 is 1.69 bits per heavy atom. The molecule has 0 spiro atoms. The summed E-state index contributed by atoms with van der Waals surface area (Å²) in [6.45, 7) is 7.83. The van der Waals surface area contributed by atoms with Gasteiger partial charge in [0.2, 0.25) is 0 Å². The smallest absolute Gasteiger partial charge is 0.260 e. The molecule has 0 aliphatic carbocycles. The zero-order valence-electron chi connectivity index (χ0n) is 21.4. The van der Waals surface area contributed by atoms with Crippen LogP contribution in [0, 0.1) is 0 Å². The minimum atomic E-state index is -0.303. The van der Waals surface area contributed by atoms with Crippen molar-refractivity contribution in [1.82, 2.24) is 10.2 Å². The van der Waals surface area contributed by atoms with E-state index in [-0.39, 0.29) is 36.4 Å². The van der Waals surface area contributed by atoms with E-state index in [1.807, 2.05) is 11.8 Å². The average Bonchev–Trinajstić information content (AvgIpc) is 2.87. The van der Waals surface area contributed by atoms with Crippen LogP contribution in [0.1, 0.15) is 67.2 Å². The highest BCUT2D eigenvalue weighted by atomic mass is 16.5. The molecule has 1 aliphatic heterocycles. The fourth-order valence-electron chi connectivity index (χ4n) is 4.40. The van der Waals surface area contributed by atoms with Gasteiger partial charge in [0.25, 0.3) is 17.7 Å². The maximum absolute atomic E-state index is 12.7. The van der Waals surface area contributed by atoms with E-state index in [0.717, 1.165) is 25.7 Å². The van der Waals surface area contributed by atoms with Gasteiger partial charge in [0, 0.05) is 48.7 Å². The third-order valence-electron chi connectivity index (χ3n) is 6.30. The molecule has 2 N–H and O–H groups in total. The van der Waals surface area contributed by atoms with E-state index in [9.17, 15) is 14.4 Å². The molecule has 3 rings (SSSR count). The number of rotatable bonds is 11. The van der Waals surface area contributed by atoms with Crippen LogP contribution in [0.15, 0.2) is 48.5 Å². The number of likely N-dealkylation sites (tertiary alicyclic amines) is 1. The maximum atomic E-state index is 12.7. The minimum absolute atomic E-state index is 0.0188. The number of ether oxygens (including phenoxy) is 2. The van der Waals surface area contributed by atoms with Crippen molar-refractivity contribution in [3.05, 3.63) is 59.7 Å². The Kier molecular flexibility index (Phi) is 10.3. The van der Waals surface area contributed by atoms with Crippen LogP contribution in [0.3, 0.4) is 0 Å². The molecule has 2 unspecified atom stereocenters. The Morgan fingerprint density at radius 3 is 2.39 bits per heavy atom. The zero-order valence-corrected chi connectivity index (χ0v) is 21.4. The Balaban J connectivity index is 1.50. The van der Waals surface area contributed by atoms with E-state index in [0.29, 0.717) is 42.3 Å². The van der Waals surface area contributed by atoms with Gasteiger partial charge in [-0.15, -0.1) is 0 Å². The lowest BCUT2D eigenvalue weighted by atomic mass is 9.97. The van der Waals surface area contributed by atoms with Crippen LogP contribution >= 0.6 is 0 Å². The van der Waals surface area contributed by atoms with Crippen molar-refractivity contribution >= 4 is 23.4 Å². The maximum Gasteiger partial charge on any atom is 0.260 e. The van der Waals surface area contributed by atoms with Crippen LogP contribution in [-0.4, -0.2) is 61.1 Å². The van der Waals surface area contributed by atoms with Crippen LogP contribution in [0.2, 0.25) is 0 Å².